The van der Waals surface area contributed by atoms with E-state index in [2.05, 4.69) is 29.8 Å². The molecule has 0 spiro atoms. The van der Waals surface area contributed by atoms with Crippen molar-refractivity contribution in [1.29, 1.82) is 0 Å². The van der Waals surface area contributed by atoms with Gasteiger partial charge >= 0.3 is 6.03 Å². The molecule has 1 saturated heterocycles. The number of primary amides is 1. The molecule has 3 atom stereocenters. The number of carbonyl (C=O) groups excluding carboxylic acids is 5. The molecule has 0 bridgehead atoms. The number of thioether (sulfide) groups is 1. The monoisotopic (exact) mass is 661 g/mol. The number of rotatable bonds is 15. The molecule has 5 amide bonds. The lowest BCUT2D eigenvalue weighted by atomic mass is 9.80. The van der Waals surface area contributed by atoms with Crippen molar-refractivity contribution in [2.45, 2.75) is 153 Å². The Morgan fingerprint density at radius 1 is 0.848 bits per heavy atom. The van der Waals surface area contributed by atoms with Crippen LogP contribution in [-0.4, -0.2) is 76.2 Å². The van der Waals surface area contributed by atoms with Crippen LogP contribution in [0, 0.1) is 17.8 Å². The molecule has 3 saturated carbocycles. The lowest BCUT2D eigenvalue weighted by Crippen LogP contribution is -2.61. The largest absolute Gasteiger partial charge is 0.363 e. The zero-order valence-corrected chi connectivity index (χ0v) is 29.1. The number of amides is 5. The van der Waals surface area contributed by atoms with Gasteiger partial charge in [0.25, 0.3) is 5.91 Å². The second-order valence-electron chi connectivity index (χ2n) is 14.9. The number of ketones is 1. The summed E-state index contributed by atoms with van der Waals surface area (Å²) in [5.41, 5.74) is 5.03. The van der Waals surface area contributed by atoms with Crippen molar-refractivity contribution in [2.75, 3.05) is 18.1 Å². The Hall–Kier alpha value is -2.30. The van der Waals surface area contributed by atoms with Gasteiger partial charge in [-0.2, -0.15) is 11.8 Å². The Morgan fingerprint density at radius 3 is 2.13 bits per heavy atom. The van der Waals surface area contributed by atoms with Crippen LogP contribution in [0.2, 0.25) is 0 Å². The van der Waals surface area contributed by atoms with Crippen molar-refractivity contribution < 1.29 is 24.0 Å². The van der Waals surface area contributed by atoms with Gasteiger partial charge in [-0.1, -0.05) is 78.1 Å². The highest BCUT2D eigenvalue weighted by molar-refractivity contribution is 7.99. The van der Waals surface area contributed by atoms with Crippen LogP contribution in [0.3, 0.4) is 0 Å². The van der Waals surface area contributed by atoms with Gasteiger partial charge in [-0.25, -0.2) is 4.79 Å². The van der Waals surface area contributed by atoms with Crippen LogP contribution in [0.25, 0.3) is 0 Å². The summed E-state index contributed by atoms with van der Waals surface area (Å²) in [6.45, 7) is 4.88. The van der Waals surface area contributed by atoms with E-state index in [4.69, 9.17) is 5.73 Å². The summed E-state index contributed by atoms with van der Waals surface area (Å²) in [5, 5.41) is 9.32. The van der Waals surface area contributed by atoms with E-state index in [0.29, 0.717) is 31.7 Å². The van der Waals surface area contributed by atoms with Crippen LogP contribution in [0.4, 0.5) is 4.79 Å². The van der Waals surface area contributed by atoms with E-state index in [1.165, 1.54) is 12.8 Å². The smallest absolute Gasteiger partial charge is 0.315 e. The van der Waals surface area contributed by atoms with E-state index in [-0.39, 0.29) is 29.3 Å². The zero-order chi connectivity index (χ0) is 33.1. The second kappa shape index (κ2) is 17.7. The maximum atomic E-state index is 14.3. The molecule has 4 aliphatic rings. The average Bonchev–Trinajstić information content (AvgIpc) is 3.40. The molecule has 0 aromatic rings. The molecule has 0 aromatic heterocycles. The van der Waals surface area contributed by atoms with Crippen molar-refractivity contribution in [3.05, 3.63) is 0 Å². The molecule has 3 aliphatic carbocycles. The fourth-order valence-corrected chi connectivity index (χ4v) is 9.31. The number of nitrogens with one attached hydrogen (secondary N) is 3. The lowest BCUT2D eigenvalue weighted by Gasteiger charge is -2.37. The van der Waals surface area contributed by atoms with Gasteiger partial charge in [0.05, 0.1) is 11.6 Å². The fourth-order valence-electron chi connectivity index (χ4n) is 7.78. The van der Waals surface area contributed by atoms with Crippen molar-refractivity contribution >= 4 is 41.3 Å². The van der Waals surface area contributed by atoms with Crippen LogP contribution in [0.1, 0.15) is 129 Å². The Kier molecular flexibility index (Phi) is 14.1. The predicted molar refractivity (Wildman–Crippen MR) is 182 cm³/mol. The summed E-state index contributed by atoms with van der Waals surface area (Å²) in [5.74, 6) is 0.371. The van der Waals surface area contributed by atoms with E-state index in [1.807, 2.05) is 11.8 Å². The third kappa shape index (κ3) is 10.3. The first-order chi connectivity index (χ1) is 22.1. The van der Waals surface area contributed by atoms with Crippen molar-refractivity contribution in [1.82, 2.24) is 20.9 Å². The van der Waals surface area contributed by atoms with E-state index in [0.717, 1.165) is 95.0 Å². The van der Waals surface area contributed by atoms with E-state index in [9.17, 15) is 24.0 Å². The van der Waals surface area contributed by atoms with Crippen LogP contribution in [0.5, 0.6) is 0 Å². The van der Waals surface area contributed by atoms with Gasteiger partial charge in [0.1, 0.15) is 12.1 Å². The summed E-state index contributed by atoms with van der Waals surface area (Å²) in [6.07, 6.45) is 16.9. The first-order valence-corrected chi connectivity index (χ1v) is 19.3. The van der Waals surface area contributed by atoms with Gasteiger partial charge in [-0.15, -0.1) is 0 Å². The molecule has 46 heavy (non-hydrogen) atoms. The number of carbonyl (C=O) groups is 5. The number of nitrogens with zero attached hydrogens (tertiary/aromatic N) is 1. The topological polar surface area (TPSA) is 151 Å². The van der Waals surface area contributed by atoms with Crippen LogP contribution >= 0.6 is 11.8 Å². The third-order valence-electron chi connectivity index (χ3n) is 10.8. The molecular formula is C35H59N5O5S. The number of likely N-dealkylation sites (tertiary alicyclic amines) is 1. The molecule has 0 radical (unpaired) electrons. The van der Waals surface area contributed by atoms with Gasteiger partial charge in [-0.3, -0.25) is 19.2 Å². The predicted octanol–water partition coefficient (Wildman–Crippen LogP) is 4.83. The molecule has 0 aromatic carbocycles. The molecule has 11 heteroatoms. The Labute approximate surface area is 280 Å². The van der Waals surface area contributed by atoms with Crippen molar-refractivity contribution in [2.24, 2.45) is 23.5 Å². The number of urea groups is 1. The van der Waals surface area contributed by atoms with E-state index in [1.54, 1.807) is 4.90 Å². The minimum atomic E-state index is -1.05. The van der Waals surface area contributed by atoms with Gasteiger partial charge in [-0.05, 0) is 74.9 Å². The maximum absolute atomic E-state index is 14.3. The van der Waals surface area contributed by atoms with E-state index < -0.39 is 35.7 Å². The Morgan fingerprint density at radius 2 is 1.52 bits per heavy atom. The summed E-state index contributed by atoms with van der Waals surface area (Å²) in [7, 11) is 0. The zero-order valence-electron chi connectivity index (χ0n) is 28.3. The molecule has 2 unspecified atom stereocenters. The Bertz CT molecular complexity index is 1050. The molecule has 1 heterocycles. The second-order valence-corrected chi connectivity index (χ2v) is 16.0. The number of hydrogen-bond acceptors (Lipinski definition) is 6. The summed E-state index contributed by atoms with van der Waals surface area (Å²) < 4.78 is 0. The average molecular weight is 662 g/mol. The third-order valence-corrected chi connectivity index (χ3v) is 12.1. The van der Waals surface area contributed by atoms with Gasteiger partial charge in [0.15, 0.2) is 0 Å². The summed E-state index contributed by atoms with van der Waals surface area (Å²) in [4.78, 5) is 67.7. The molecule has 1 aliphatic heterocycles. The molecule has 260 valence electrons. The lowest BCUT2D eigenvalue weighted by molar-refractivity contribution is -0.143. The quantitative estimate of drug-likeness (QED) is 0.112. The highest BCUT2D eigenvalue weighted by atomic mass is 32.2. The van der Waals surface area contributed by atoms with Crippen LogP contribution in [-0.2, 0) is 19.2 Å². The molecule has 5 N–H and O–H groups in total. The van der Waals surface area contributed by atoms with Gasteiger partial charge in [0.2, 0.25) is 17.6 Å². The number of nitrogens with two attached hydrogens (primary N) is 1. The van der Waals surface area contributed by atoms with Gasteiger partial charge in [0, 0.05) is 12.3 Å². The Balaban J connectivity index is 1.46. The normalized spacial score (nSPS) is 23.5. The molecule has 4 rings (SSSR count). The van der Waals surface area contributed by atoms with Crippen LogP contribution in [0.15, 0.2) is 0 Å². The highest BCUT2D eigenvalue weighted by Crippen LogP contribution is 2.33. The minimum absolute atomic E-state index is 0.00427. The van der Waals surface area contributed by atoms with Crippen molar-refractivity contribution in [3.8, 4) is 0 Å². The first-order valence-electron chi connectivity index (χ1n) is 18.2. The number of Topliss-reactive ketones (excluding diaryl/α,β-unsaturated/α-hetero) is 1. The van der Waals surface area contributed by atoms with E-state index >= 15 is 0 Å². The van der Waals surface area contributed by atoms with Crippen molar-refractivity contribution in [3.63, 3.8) is 0 Å². The summed E-state index contributed by atoms with van der Waals surface area (Å²) in [6, 6.07) is -2.73. The maximum Gasteiger partial charge on any atom is 0.315 e. The minimum Gasteiger partial charge on any atom is -0.363 e. The highest BCUT2D eigenvalue weighted by Gasteiger charge is 2.43. The van der Waals surface area contributed by atoms with Gasteiger partial charge < -0.3 is 26.6 Å². The summed E-state index contributed by atoms with van der Waals surface area (Å²) >= 11 is 1.92. The number of hydrogen-bond donors (Lipinski definition) is 4. The standard InChI is InChI=1S/C35H59N5O5S/c1-24(2)17-21-46-23-35(18-8-3-4-9-19-35)39-34(45)38-29(26-14-6-5-7-15-26)33(44)40-20-11-16-28(40)32(43)37-27(30(41)31(36)42)22-25-12-10-13-25/h24-29H,3-23H2,1-2H3,(H2,36,42)(H,37,43)(H2,38,39,45)/t27?,28-,29?/m0/s1. The first kappa shape index (κ1) is 36.5. The van der Waals surface area contributed by atoms with Crippen LogP contribution < -0.4 is 21.7 Å². The fraction of sp³-hybridized carbons (Fsp3) is 0.857. The molecule has 4 fully saturated rings. The molecular weight excluding hydrogens is 602 g/mol. The molecule has 10 nitrogen and oxygen atoms in total. The SMILES string of the molecule is CC(C)CCSCC1(NC(=O)NC(C(=O)N2CCC[C@H]2C(=O)NC(CC2CCC2)C(=O)C(N)=O)C2CCCCC2)CCCCCC1.